The first-order chi connectivity index (χ1) is 9.05. The minimum absolute atomic E-state index is 0.0387. The van der Waals surface area contributed by atoms with Crippen molar-refractivity contribution in [2.45, 2.75) is 6.54 Å². The molecular formula is C13H16FNO4. The van der Waals surface area contributed by atoms with Gasteiger partial charge in [0.25, 0.3) is 0 Å². The summed E-state index contributed by atoms with van der Waals surface area (Å²) >= 11 is 0. The molecule has 0 aliphatic rings. The molecule has 19 heavy (non-hydrogen) atoms. The first-order valence-corrected chi connectivity index (χ1v) is 5.65. The largest absolute Gasteiger partial charge is 0.468 e. The zero-order chi connectivity index (χ0) is 14.3. The average molecular weight is 269 g/mol. The quantitative estimate of drug-likeness (QED) is 0.720. The highest BCUT2D eigenvalue weighted by atomic mass is 19.1. The minimum Gasteiger partial charge on any atom is -0.468 e. The first-order valence-electron chi connectivity index (χ1n) is 5.65. The van der Waals surface area contributed by atoms with E-state index in [0.29, 0.717) is 6.54 Å². The number of carbonyl (C=O) groups is 2. The highest BCUT2D eigenvalue weighted by molar-refractivity contribution is 5.74. The van der Waals surface area contributed by atoms with Crippen molar-refractivity contribution >= 4 is 11.9 Å². The number of benzene rings is 1. The first kappa shape index (κ1) is 15.1. The van der Waals surface area contributed by atoms with Gasteiger partial charge in [-0.2, -0.15) is 0 Å². The summed E-state index contributed by atoms with van der Waals surface area (Å²) in [7, 11) is 2.55. The summed E-state index contributed by atoms with van der Waals surface area (Å²) in [6.07, 6.45) is 0. The molecule has 0 bridgehead atoms. The summed E-state index contributed by atoms with van der Waals surface area (Å²) < 4.78 is 21.9. The van der Waals surface area contributed by atoms with Gasteiger partial charge in [-0.25, -0.2) is 4.39 Å². The van der Waals surface area contributed by atoms with Gasteiger partial charge in [-0.05, 0) is 17.7 Å². The normalized spacial score (nSPS) is 10.3. The molecule has 0 N–H and O–H groups in total. The second kappa shape index (κ2) is 7.48. The van der Waals surface area contributed by atoms with E-state index in [0.717, 1.165) is 5.56 Å². The van der Waals surface area contributed by atoms with E-state index in [1.165, 1.54) is 26.4 Å². The zero-order valence-corrected chi connectivity index (χ0v) is 10.9. The van der Waals surface area contributed by atoms with Gasteiger partial charge in [0.05, 0.1) is 27.3 Å². The highest BCUT2D eigenvalue weighted by Gasteiger charge is 2.15. The van der Waals surface area contributed by atoms with Gasteiger partial charge in [-0.3, -0.25) is 14.5 Å². The van der Waals surface area contributed by atoms with Gasteiger partial charge in [0, 0.05) is 6.54 Å². The lowest BCUT2D eigenvalue weighted by Gasteiger charge is -2.19. The van der Waals surface area contributed by atoms with Gasteiger partial charge in [-0.1, -0.05) is 12.1 Å². The van der Waals surface area contributed by atoms with Crippen LogP contribution in [0.4, 0.5) is 4.39 Å². The molecule has 1 rings (SSSR count). The molecule has 1 aromatic rings. The Morgan fingerprint density at radius 1 is 1.05 bits per heavy atom. The molecule has 0 radical (unpaired) electrons. The van der Waals surface area contributed by atoms with Crippen LogP contribution in [0.2, 0.25) is 0 Å². The van der Waals surface area contributed by atoms with E-state index in [1.54, 1.807) is 17.0 Å². The summed E-state index contributed by atoms with van der Waals surface area (Å²) in [5, 5.41) is 0. The summed E-state index contributed by atoms with van der Waals surface area (Å²) in [5.74, 6) is -1.24. The third-order valence-corrected chi connectivity index (χ3v) is 2.48. The van der Waals surface area contributed by atoms with Crippen LogP contribution in [0.15, 0.2) is 24.3 Å². The van der Waals surface area contributed by atoms with Crippen molar-refractivity contribution < 1.29 is 23.5 Å². The number of rotatable bonds is 6. The second-order valence-electron chi connectivity index (χ2n) is 3.92. The third-order valence-electron chi connectivity index (χ3n) is 2.48. The molecule has 0 heterocycles. The molecule has 0 aliphatic heterocycles. The monoisotopic (exact) mass is 269 g/mol. The van der Waals surface area contributed by atoms with Crippen molar-refractivity contribution in [1.82, 2.24) is 4.90 Å². The number of nitrogens with zero attached hydrogens (tertiary/aromatic N) is 1. The van der Waals surface area contributed by atoms with Crippen molar-refractivity contribution in [2.75, 3.05) is 27.3 Å². The van der Waals surface area contributed by atoms with Gasteiger partial charge < -0.3 is 9.47 Å². The predicted octanol–water partition coefficient (Wildman–Crippen LogP) is 0.974. The number of halogens is 1. The van der Waals surface area contributed by atoms with Gasteiger partial charge in [0.2, 0.25) is 0 Å². The second-order valence-corrected chi connectivity index (χ2v) is 3.92. The van der Waals surface area contributed by atoms with Crippen LogP contribution in [-0.2, 0) is 25.6 Å². The Morgan fingerprint density at radius 3 is 1.95 bits per heavy atom. The molecule has 6 heteroatoms. The Kier molecular flexibility index (Phi) is 5.95. The van der Waals surface area contributed by atoms with Crippen molar-refractivity contribution in [2.24, 2.45) is 0 Å². The van der Waals surface area contributed by atoms with Crippen molar-refractivity contribution in [1.29, 1.82) is 0 Å². The summed E-state index contributed by atoms with van der Waals surface area (Å²) in [6.45, 7) is 0.246. The van der Waals surface area contributed by atoms with Gasteiger partial charge in [0.1, 0.15) is 5.82 Å². The lowest BCUT2D eigenvalue weighted by Crippen LogP contribution is -2.35. The Hall–Kier alpha value is -1.95. The third kappa shape index (κ3) is 5.48. The highest BCUT2D eigenvalue weighted by Crippen LogP contribution is 2.07. The van der Waals surface area contributed by atoms with E-state index < -0.39 is 11.9 Å². The summed E-state index contributed by atoms with van der Waals surface area (Å²) in [4.78, 5) is 24.1. The summed E-state index contributed by atoms with van der Waals surface area (Å²) in [6, 6.07) is 5.83. The van der Waals surface area contributed by atoms with Crippen LogP contribution >= 0.6 is 0 Å². The number of methoxy groups -OCH3 is 2. The van der Waals surface area contributed by atoms with Gasteiger partial charge >= 0.3 is 11.9 Å². The van der Waals surface area contributed by atoms with E-state index in [2.05, 4.69) is 9.47 Å². The molecule has 1 aromatic carbocycles. The SMILES string of the molecule is COC(=O)CN(CC(=O)OC)Cc1ccc(F)cc1. The Balaban J connectivity index is 2.69. The number of esters is 2. The van der Waals surface area contributed by atoms with E-state index in [4.69, 9.17) is 0 Å². The fourth-order valence-corrected chi connectivity index (χ4v) is 1.51. The van der Waals surface area contributed by atoms with Crippen LogP contribution in [-0.4, -0.2) is 44.1 Å². The number of hydrogen-bond donors (Lipinski definition) is 0. The van der Waals surface area contributed by atoms with Crippen LogP contribution in [0.1, 0.15) is 5.56 Å². The molecule has 0 saturated carbocycles. The molecular weight excluding hydrogens is 253 g/mol. The lowest BCUT2D eigenvalue weighted by atomic mass is 10.2. The number of hydrogen-bond acceptors (Lipinski definition) is 5. The number of carbonyl (C=O) groups excluding carboxylic acids is 2. The van der Waals surface area contributed by atoms with Crippen LogP contribution in [0.25, 0.3) is 0 Å². The fraction of sp³-hybridized carbons (Fsp3) is 0.385. The van der Waals surface area contributed by atoms with E-state index in [-0.39, 0.29) is 18.9 Å². The molecule has 0 spiro atoms. The molecule has 0 aromatic heterocycles. The molecule has 0 aliphatic carbocycles. The predicted molar refractivity (Wildman–Crippen MR) is 65.7 cm³/mol. The smallest absolute Gasteiger partial charge is 0.319 e. The topological polar surface area (TPSA) is 55.8 Å². The van der Waals surface area contributed by atoms with Crippen LogP contribution in [0, 0.1) is 5.82 Å². The molecule has 104 valence electrons. The van der Waals surface area contributed by atoms with Crippen molar-refractivity contribution in [3.63, 3.8) is 0 Å². The summed E-state index contributed by atoms with van der Waals surface area (Å²) in [5.41, 5.74) is 0.786. The molecule has 0 fully saturated rings. The van der Waals surface area contributed by atoms with Crippen LogP contribution in [0.3, 0.4) is 0 Å². The zero-order valence-electron chi connectivity index (χ0n) is 10.9. The molecule has 0 unspecified atom stereocenters. The van der Waals surface area contributed by atoms with Crippen LogP contribution in [0.5, 0.6) is 0 Å². The molecule has 0 amide bonds. The minimum atomic E-state index is -0.453. The molecule has 5 nitrogen and oxygen atoms in total. The van der Waals surface area contributed by atoms with Gasteiger partial charge in [-0.15, -0.1) is 0 Å². The van der Waals surface area contributed by atoms with Crippen LogP contribution < -0.4 is 0 Å². The maximum absolute atomic E-state index is 12.8. The molecule has 0 saturated heterocycles. The molecule has 0 atom stereocenters. The van der Waals surface area contributed by atoms with Crippen molar-refractivity contribution in [3.8, 4) is 0 Å². The lowest BCUT2D eigenvalue weighted by molar-refractivity contribution is -0.145. The maximum atomic E-state index is 12.8. The number of ether oxygens (including phenoxy) is 2. The van der Waals surface area contributed by atoms with E-state index >= 15 is 0 Å². The Bertz CT molecular complexity index is 415. The average Bonchev–Trinajstić information content (AvgIpc) is 2.40. The van der Waals surface area contributed by atoms with Crippen molar-refractivity contribution in [3.05, 3.63) is 35.6 Å². The Morgan fingerprint density at radius 2 is 1.53 bits per heavy atom. The van der Waals surface area contributed by atoms with E-state index in [1.807, 2.05) is 0 Å². The Labute approximate surface area is 110 Å². The maximum Gasteiger partial charge on any atom is 0.319 e. The van der Waals surface area contributed by atoms with Gasteiger partial charge in [0.15, 0.2) is 0 Å². The fourth-order valence-electron chi connectivity index (χ4n) is 1.51. The van der Waals surface area contributed by atoms with E-state index in [9.17, 15) is 14.0 Å². The standard InChI is InChI=1S/C13H16FNO4/c1-18-12(16)8-15(9-13(17)19-2)7-10-3-5-11(14)6-4-10/h3-6H,7-9H2,1-2H3.